The van der Waals surface area contributed by atoms with Crippen molar-refractivity contribution >= 4 is 47.9 Å². The Balaban J connectivity index is 2.03. The van der Waals surface area contributed by atoms with Crippen LogP contribution < -0.4 is 18.9 Å². The number of benzene rings is 1. The molecule has 2 heterocycles. The molecule has 13 heteroatoms. The minimum atomic E-state index is -4.08. The van der Waals surface area contributed by atoms with E-state index in [1.807, 2.05) is 0 Å². The lowest BCUT2D eigenvalue weighted by Crippen LogP contribution is -2.31. The lowest BCUT2D eigenvalue weighted by Gasteiger charge is -2.15. The summed E-state index contributed by atoms with van der Waals surface area (Å²) < 4.78 is 88.7. The van der Waals surface area contributed by atoms with Crippen molar-refractivity contribution in [1.29, 1.82) is 0 Å². The van der Waals surface area contributed by atoms with Crippen molar-refractivity contribution in [3.8, 4) is 23.0 Å². The van der Waals surface area contributed by atoms with E-state index in [9.17, 15) is 8.42 Å². The lowest BCUT2D eigenvalue weighted by atomic mass is 10.1. The van der Waals surface area contributed by atoms with Crippen LogP contribution in [0.5, 0.6) is 11.9 Å². The third kappa shape index (κ3) is 7.08. The SMILES string of the molecule is [2H]c1nc(OC([2H])([2H])C([2H])([2H])Oc2ncnc(NS(=O)(=O)NCCC)c2-c2ccc(Br)cc2)nc([2H])c1Br. The van der Waals surface area contributed by atoms with Crippen molar-refractivity contribution < 1.29 is 26.1 Å². The number of hydrogen-bond acceptors (Lipinski definition) is 8. The minimum Gasteiger partial charge on any atom is -0.473 e. The Morgan fingerprint density at radius 2 is 1.72 bits per heavy atom. The number of aromatic nitrogens is 4. The summed E-state index contributed by atoms with van der Waals surface area (Å²) >= 11 is 6.24. The number of hydrogen-bond donors (Lipinski definition) is 2. The first-order valence-corrected chi connectivity index (χ1v) is 12.0. The molecule has 0 aliphatic rings. The molecule has 0 aliphatic heterocycles. The normalized spacial score (nSPS) is 14.8. The Morgan fingerprint density at radius 1 is 1.03 bits per heavy atom. The molecular weight excluding hydrogens is 568 g/mol. The number of nitrogens with zero attached hydrogens (tertiary/aromatic N) is 4. The lowest BCUT2D eigenvalue weighted by molar-refractivity contribution is 0.202. The van der Waals surface area contributed by atoms with Gasteiger partial charge in [-0.05, 0) is 40.0 Å². The van der Waals surface area contributed by atoms with Gasteiger partial charge in [-0.3, -0.25) is 4.72 Å². The molecule has 2 N–H and O–H groups in total. The van der Waals surface area contributed by atoms with E-state index in [1.165, 1.54) is 0 Å². The average molecular weight is 594 g/mol. The van der Waals surface area contributed by atoms with Gasteiger partial charge in [0.05, 0.1) is 18.3 Å². The Bertz CT molecular complexity index is 1400. The first-order chi connectivity index (χ1) is 17.7. The Labute approximate surface area is 211 Å². The van der Waals surface area contributed by atoms with Gasteiger partial charge in [-0.2, -0.15) is 13.1 Å². The van der Waals surface area contributed by atoms with Crippen molar-refractivity contribution in [2.45, 2.75) is 13.3 Å². The van der Waals surface area contributed by atoms with Crippen molar-refractivity contribution in [2.24, 2.45) is 0 Å². The maximum Gasteiger partial charge on any atom is 0.316 e. The molecule has 0 amide bonds. The molecule has 0 aliphatic carbocycles. The summed E-state index contributed by atoms with van der Waals surface area (Å²) in [6.07, 6.45) is 0.496. The maximum absolute atomic E-state index is 12.5. The van der Waals surface area contributed by atoms with Gasteiger partial charge in [0.1, 0.15) is 19.4 Å². The predicted octanol–water partition coefficient (Wildman–Crippen LogP) is 3.57. The molecule has 0 atom stereocenters. The molecule has 0 saturated heterocycles. The van der Waals surface area contributed by atoms with Crippen LogP contribution in [-0.4, -0.2) is 48.0 Å². The third-order valence-corrected chi connectivity index (χ3v) is 5.48. The van der Waals surface area contributed by atoms with Gasteiger partial charge in [-0.25, -0.2) is 19.9 Å². The molecule has 0 unspecified atom stereocenters. The smallest absolute Gasteiger partial charge is 0.316 e. The highest BCUT2D eigenvalue weighted by Crippen LogP contribution is 2.34. The van der Waals surface area contributed by atoms with Crippen LogP contribution in [0.2, 0.25) is 0 Å². The van der Waals surface area contributed by atoms with E-state index < -0.39 is 47.6 Å². The van der Waals surface area contributed by atoms with E-state index in [2.05, 4.69) is 61.2 Å². The fourth-order valence-electron chi connectivity index (χ4n) is 2.23. The average Bonchev–Trinajstić information content (AvgIpc) is 2.81. The highest BCUT2D eigenvalue weighted by molar-refractivity contribution is 9.10. The van der Waals surface area contributed by atoms with Gasteiger partial charge >= 0.3 is 6.01 Å². The van der Waals surface area contributed by atoms with Crippen LogP contribution in [0, 0.1) is 0 Å². The minimum absolute atomic E-state index is 0.0618. The molecule has 0 bridgehead atoms. The fourth-order valence-corrected chi connectivity index (χ4v) is 3.62. The molecule has 0 fully saturated rings. The molecule has 0 saturated carbocycles. The summed E-state index contributed by atoms with van der Waals surface area (Å²) in [5.41, 5.74) is 0.242. The fraction of sp³-hybridized carbons (Fsp3) is 0.263. The largest absolute Gasteiger partial charge is 0.473 e. The number of ether oxygens (including phenoxy) is 2. The van der Waals surface area contributed by atoms with Crippen LogP contribution in [0.15, 0.2) is 51.9 Å². The second-order valence-corrected chi connectivity index (χ2v) is 9.07. The summed E-state index contributed by atoms with van der Waals surface area (Å²) in [6.45, 7) is -4.62. The highest BCUT2D eigenvalue weighted by atomic mass is 79.9. The Morgan fingerprint density at radius 3 is 2.41 bits per heavy atom. The van der Waals surface area contributed by atoms with E-state index >= 15 is 0 Å². The van der Waals surface area contributed by atoms with E-state index in [4.69, 9.17) is 17.7 Å². The number of rotatable bonds is 11. The Kier molecular flexibility index (Phi) is 6.17. The predicted molar refractivity (Wildman–Crippen MR) is 127 cm³/mol. The van der Waals surface area contributed by atoms with Gasteiger partial charge in [0, 0.05) is 23.4 Å². The van der Waals surface area contributed by atoms with Gasteiger partial charge in [-0.15, -0.1) is 0 Å². The summed E-state index contributed by atoms with van der Waals surface area (Å²) in [5, 5.41) is 0. The zero-order valence-electron chi connectivity index (χ0n) is 22.4. The topological polar surface area (TPSA) is 128 Å². The molecule has 3 rings (SSSR count). The van der Waals surface area contributed by atoms with Crippen LogP contribution in [0.4, 0.5) is 5.82 Å². The molecule has 0 radical (unpaired) electrons. The van der Waals surface area contributed by atoms with Gasteiger partial charge in [-0.1, -0.05) is 35.0 Å². The Hall–Kier alpha value is -2.35. The molecular formula is C19H20Br2N6O4S. The van der Waals surface area contributed by atoms with Crippen molar-refractivity contribution in [1.82, 2.24) is 24.7 Å². The van der Waals surface area contributed by atoms with Gasteiger partial charge in [0.2, 0.25) is 5.88 Å². The standard InChI is InChI=1S/C19H20Br2N6O4S/c1-2-7-26-32(28,29)27-17-16(13-3-5-14(20)6-4-13)18(25-12-24-17)30-8-9-31-19-22-10-15(21)11-23-19/h3-6,10-12,26H,2,7-9H2,1H3,(H,24,25,27)/i8D2,9D2,10D,11D. The second-order valence-electron chi connectivity index (χ2n) is 5.86. The molecule has 0 spiro atoms. The summed E-state index contributed by atoms with van der Waals surface area (Å²) in [4.78, 5) is 15.1. The third-order valence-electron chi connectivity index (χ3n) is 3.55. The van der Waals surface area contributed by atoms with Gasteiger partial charge < -0.3 is 9.47 Å². The van der Waals surface area contributed by atoms with E-state index in [1.54, 1.807) is 31.2 Å². The number of anilines is 1. The molecule has 10 nitrogen and oxygen atoms in total. The maximum atomic E-state index is 12.5. The van der Waals surface area contributed by atoms with E-state index in [-0.39, 0.29) is 22.4 Å². The summed E-state index contributed by atoms with van der Waals surface area (Å²) in [7, 11) is -4.08. The quantitative estimate of drug-likeness (QED) is 0.345. The summed E-state index contributed by atoms with van der Waals surface area (Å²) in [5.74, 6) is -0.765. The van der Waals surface area contributed by atoms with Crippen LogP contribution in [0.25, 0.3) is 11.1 Å². The second kappa shape index (κ2) is 11.5. The van der Waals surface area contributed by atoms with Crippen LogP contribution in [0.1, 0.15) is 21.6 Å². The van der Waals surface area contributed by atoms with Crippen molar-refractivity contribution in [3.05, 3.63) is 51.9 Å². The van der Waals surface area contributed by atoms with Gasteiger partial charge in [0.15, 0.2) is 5.82 Å². The molecule has 3 aromatic rings. The van der Waals surface area contributed by atoms with Crippen molar-refractivity contribution in [3.63, 3.8) is 0 Å². The number of halogens is 2. The zero-order chi connectivity index (χ0) is 28.3. The van der Waals surface area contributed by atoms with Crippen molar-refractivity contribution in [2.75, 3.05) is 24.4 Å². The first-order valence-electron chi connectivity index (χ1n) is 11.9. The van der Waals surface area contributed by atoms with E-state index in [0.29, 0.717) is 16.5 Å². The number of nitrogens with one attached hydrogen (secondary N) is 2. The summed E-state index contributed by atoms with van der Waals surface area (Å²) in [6, 6.07) is 5.63. The molecule has 2 aromatic heterocycles. The van der Waals surface area contributed by atoms with Crippen LogP contribution in [-0.2, 0) is 10.2 Å². The monoisotopic (exact) mass is 592 g/mol. The zero-order valence-corrected chi connectivity index (χ0v) is 20.4. The van der Waals surface area contributed by atoms with Crippen LogP contribution in [0.3, 0.4) is 0 Å². The van der Waals surface area contributed by atoms with E-state index in [0.717, 1.165) is 6.33 Å². The molecule has 32 heavy (non-hydrogen) atoms. The van der Waals surface area contributed by atoms with Gasteiger partial charge in [0.25, 0.3) is 10.2 Å². The molecule has 1 aromatic carbocycles. The highest BCUT2D eigenvalue weighted by Gasteiger charge is 2.19. The first kappa shape index (κ1) is 17.2. The molecule has 170 valence electrons. The van der Waals surface area contributed by atoms with Crippen LogP contribution >= 0.6 is 31.9 Å².